The first-order valence-corrected chi connectivity index (χ1v) is 24.8. The van der Waals surface area contributed by atoms with E-state index >= 15 is 0 Å². The third-order valence-corrected chi connectivity index (χ3v) is 21.2. The van der Waals surface area contributed by atoms with Crippen molar-refractivity contribution in [2.24, 2.45) is 0 Å². The van der Waals surface area contributed by atoms with Crippen molar-refractivity contribution in [3.8, 4) is 0 Å². The van der Waals surface area contributed by atoms with E-state index in [9.17, 15) is 4.79 Å². The number of rotatable bonds is 15. The minimum absolute atomic E-state index is 0.284. The molecule has 0 atom stereocenters. The minimum Gasteiger partial charge on any atom is -0.465 e. The third-order valence-electron chi connectivity index (χ3n) is 3.32. The van der Waals surface area contributed by atoms with Crippen LogP contribution < -0.4 is 0 Å². The zero-order valence-electron chi connectivity index (χ0n) is 19.8. The van der Waals surface area contributed by atoms with Crippen LogP contribution >= 0.6 is 0 Å². The number of ether oxygens (including phenoxy) is 2. The van der Waals surface area contributed by atoms with Crippen LogP contribution in [0.2, 0.25) is 78.1 Å². The van der Waals surface area contributed by atoms with Gasteiger partial charge in [0.15, 0.2) is 16.6 Å². The Morgan fingerprint density at radius 3 is 1.54 bits per heavy atom. The van der Waals surface area contributed by atoms with Crippen LogP contribution in [0, 0.1) is 0 Å². The van der Waals surface area contributed by atoms with Gasteiger partial charge in [-0.2, -0.15) is 0 Å². The monoisotopic (exact) mass is 486 g/mol. The van der Waals surface area contributed by atoms with E-state index in [-0.39, 0.29) is 6.61 Å². The lowest BCUT2D eigenvalue weighted by Gasteiger charge is -2.42. The summed E-state index contributed by atoms with van der Waals surface area (Å²) in [7, 11) is -10.6. The highest BCUT2D eigenvalue weighted by atomic mass is 28.5. The van der Waals surface area contributed by atoms with E-state index < -0.39 is 42.3 Å². The van der Waals surface area contributed by atoms with E-state index in [1.54, 1.807) is 0 Å². The van der Waals surface area contributed by atoms with Gasteiger partial charge in [-0.05, 0) is 78.1 Å². The van der Waals surface area contributed by atoms with Crippen molar-refractivity contribution in [1.82, 2.24) is 0 Å². The molecule has 0 N–H and O–H groups in total. The minimum atomic E-state index is -2.39. The van der Waals surface area contributed by atoms with Crippen LogP contribution in [0.3, 0.4) is 0 Å². The zero-order chi connectivity index (χ0) is 22.3. The van der Waals surface area contributed by atoms with E-state index in [2.05, 4.69) is 76.8 Å². The number of hydrogen-bond donors (Lipinski definition) is 0. The molecule has 0 radical (unpaired) electrons. The molecule has 0 aromatic rings. The van der Waals surface area contributed by atoms with E-state index in [0.717, 1.165) is 6.04 Å². The lowest BCUT2D eigenvalue weighted by Crippen LogP contribution is -2.58. The van der Waals surface area contributed by atoms with Gasteiger partial charge in [-0.3, -0.25) is 4.79 Å². The summed E-state index contributed by atoms with van der Waals surface area (Å²) >= 11 is 0. The fourth-order valence-electron chi connectivity index (χ4n) is 3.28. The first kappa shape index (κ1) is 28.4. The summed E-state index contributed by atoms with van der Waals surface area (Å²) < 4.78 is 36.0. The molecule has 0 amide bonds. The van der Waals surface area contributed by atoms with Crippen LogP contribution in [0.15, 0.2) is 0 Å². The van der Waals surface area contributed by atoms with Gasteiger partial charge in [0.05, 0.1) is 6.61 Å². The maximum Gasteiger partial charge on any atom is 0.314 e. The van der Waals surface area contributed by atoms with Crippen LogP contribution in [0.4, 0.5) is 0 Å². The molecule has 28 heavy (non-hydrogen) atoms. The van der Waals surface area contributed by atoms with Gasteiger partial charge in [0.25, 0.3) is 6.47 Å². The lowest BCUT2D eigenvalue weighted by atomic mass is 10.7. The zero-order valence-corrected chi connectivity index (χ0v) is 24.8. The molecule has 7 nitrogen and oxygen atoms in total. The number of hydrogen-bond acceptors (Lipinski definition) is 7. The molecule has 0 aliphatic heterocycles. The Morgan fingerprint density at radius 2 is 1.07 bits per heavy atom. The fourth-order valence-corrected chi connectivity index (χ4v) is 26.6. The Bertz CT molecular complexity index is 478. The molecule has 0 bridgehead atoms. The Labute approximate surface area is 177 Å². The molecule has 0 saturated heterocycles. The summed E-state index contributed by atoms with van der Waals surface area (Å²) in [5.41, 5.74) is 0. The van der Waals surface area contributed by atoms with E-state index in [1.165, 1.54) is 0 Å². The molecule has 0 spiro atoms. The quantitative estimate of drug-likeness (QED) is 0.193. The van der Waals surface area contributed by atoms with Crippen molar-refractivity contribution in [1.29, 1.82) is 0 Å². The summed E-state index contributed by atoms with van der Waals surface area (Å²) in [5, 5.41) is 0. The third kappa shape index (κ3) is 15.2. The first-order valence-electron chi connectivity index (χ1n) is 9.82. The second-order valence-corrected chi connectivity index (χ2v) is 29.7. The van der Waals surface area contributed by atoms with Gasteiger partial charge < -0.3 is 25.9 Å². The summed E-state index contributed by atoms with van der Waals surface area (Å²) in [4.78, 5) is 10.1. The molecular weight excluding hydrogens is 445 g/mol. The van der Waals surface area contributed by atoms with Gasteiger partial charge in [0.2, 0.25) is 0 Å². The van der Waals surface area contributed by atoms with Crippen LogP contribution in [0.5, 0.6) is 0 Å². The highest BCUT2D eigenvalue weighted by Crippen LogP contribution is 2.26. The van der Waals surface area contributed by atoms with Crippen molar-refractivity contribution < 1.29 is 30.7 Å². The number of carbonyl (C=O) groups excluding carboxylic acids is 1. The lowest BCUT2D eigenvalue weighted by molar-refractivity contribution is -0.130. The van der Waals surface area contributed by atoms with Crippen molar-refractivity contribution >= 4 is 48.8 Å². The Kier molecular flexibility index (Phi) is 11.3. The van der Waals surface area contributed by atoms with Crippen LogP contribution in [-0.2, 0) is 30.7 Å². The van der Waals surface area contributed by atoms with Crippen LogP contribution in [0.25, 0.3) is 0 Å². The first-order chi connectivity index (χ1) is 12.4. The molecule has 0 aromatic heterocycles. The predicted octanol–water partition coefficient (Wildman–Crippen LogP) is 4.39. The molecule has 0 saturated carbocycles. The molecule has 0 unspecified atom stereocenters. The normalized spacial score (nSPS) is 14.2. The SMILES string of the molecule is C[Si](C)(C)O[Si](C)(C)O[Si](C)(C)O[Si](C)(C)O[Si](C)(C)CCOCCOC=O. The van der Waals surface area contributed by atoms with Crippen molar-refractivity contribution in [2.75, 3.05) is 19.8 Å². The van der Waals surface area contributed by atoms with E-state index in [4.69, 9.17) is 21.2 Å². The molecule has 0 heterocycles. The molecule has 0 aliphatic rings. The van der Waals surface area contributed by atoms with Gasteiger partial charge in [0, 0.05) is 6.61 Å². The summed E-state index contributed by atoms with van der Waals surface area (Å²) in [6.07, 6.45) is 0. The van der Waals surface area contributed by atoms with E-state index in [0.29, 0.717) is 19.7 Å². The highest BCUT2D eigenvalue weighted by Gasteiger charge is 2.45. The summed E-state index contributed by atoms with van der Waals surface area (Å²) in [6.45, 7) is 25.2. The second-order valence-electron chi connectivity index (χ2n) is 9.81. The molecule has 168 valence electrons. The summed E-state index contributed by atoms with van der Waals surface area (Å²) in [6, 6.07) is 0.857. The Hall–Kier alpha value is 0.354. The van der Waals surface area contributed by atoms with Crippen molar-refractivity contribution in [2.45, 2.75) is 78.1 Å². The highest BCUT2D eigenvalue weighted by molar-refractivity contribution is 6.90. The van der Waals surface area contributed by atoms with Gasteiger partial charge >= 0.3 is 25.7 Å². The molecule has 0 fully saturated rings. The Balaban J connectivity index is 4.67. The standard InChI is InChI=1S/C16H42O7Si5/c1-24(2,3)20-26(6,7)22-28(10,11)23-27(8,9)21-25(4,5)15-14-18-12-13-19-16-17/h16H,12-15H2,1-11H3. The maximum absolute atomic E-state index is 10.1. The van der Waals surface area contributed by atoms with E-state index in [1.807, 2.05) is 0 Å². The van der Waals surface area contributed by atoms with Gasteiger partial charge in [0.1, 0.15) is 6.61 Å². The van der Waals surface area contributed by atoms with Crippen molar-refractivity contribution in [3.63, 3.8) is 0 Å². The molecular formula is C16H42O7Si5. The van der Waals surface area contributed by atoms with Crippen molar-refractivity contribution in [3.05, 3.63) is 0 Å². The molecule has 0 rings (SSSR count). The summed E-state index contributed by atoms with van der Waals surface area (Å²) in [5.74, 6) is 0. The molecule has 0 aromatic carbocycles. The molecule has 12 heteroatoms. The average molecular weight is 487 g/mol. The maximum atomic E-state index is 10.1. The number of carbonyl (C=O) groups is 1. The van der Waals surface area contributed by atoms with Gasteiger partial charge in [-0.15, -0.1) is 0 Å². The predicted molar refractivity (Wildman–Crippen MR) is 125 cm³/mol. The smallest absolute Gasteiger partial charge is 0.314 e. The van der Waals surface area contributed by atoms with Crippen LogP contribution in [-0.4, -0.2) is 68.6 Å². The largest absolute Gasteiger partial charge is 0.465 e. The Morgan fingerprint density at radius 1 is 0.607 bits per heavy atom. The molecule has 0 aliphatic carbocycles. The topological polar surface area (TPSA) is 72.5 Å². The van der Waals surface area contributed by atoms with Gasteiger partial charge in [-0.1, -0.05) is 0 Å². The fraction of sp³-hybridized carbons (Fsp3) is 0.938. The van der Waals surface area contributed by atoms with Gasteiger partial charge in [-0.25, -0.2) is 0 Å². The second kappa shape index (κ2) is 11.1. The average Bonchev–Trinajstić information content (AvgIpc) is 2.35. The van der Waals surface area contributed by atoms with Crippen LogP contribution in [0.1, 0.15) is 0 Å².